The molecule has 0 aliphatic heterocycles. The molecule has 0 spiro atoms. The smallest absolute Gasteiger partial charge is 0.140 e. The van der Waals surface area contributed by atoms with Gasteiger partial charge in [0.2, 0.25) is 0 Å². The third kappa shape index (κ3) is 10.7. The zero-order valence-electron chi connectivity index (χ0n) is 12.3. The highest BCUT2D eigenvalue weighted by molar-refractivity contribution is 5.83. The molecule has 0 saturated heterocycles. The van der Waals surface area contributed by atoms with Crippen molar-refractivity contribution in [2.45, 2.75) is 65.7 Å². The second kappa shape index (κ2) is 10.5. The zero-order valence-corrected chi connectivity index (χ0v) is 12.3. The number of Topliss-reactive ketones (excluding diaryl/α,β-unsaturated/α-hetero) is 1. The van der Waals surface area contributed by atoms with Crippen molar-refractivity contribution in [3.63, 3.8) is 0 Å². The molecule has 0 amide bonds. The van der Waals surface area contributed by atoms with Gasteiger partial charge in [0.05, 0.1) is 6.61 Å². The second-order valence-corrected chi connectivity index (χ2v) is 5.88. The number of rotatable bonds is 11. The maximum absolute atomic E-state index is 11.6. The lowest BCUT2D eigenvalue weighted by Crippen LogP contribution is -2.21. The van der Waals surface area contributed by atoms with E-state index in [1.165, 1.54) is 19.3 Å². The number of hydrogen-bond acceptors (Lipinski definition) is 3. The Balaban J connectivity index is 3.19. The molecule has 0 bridgehead atoms. The molecule has 0 unspecified atom stereocenters. The first-order chi connectivity index (χ1) is 8.48. The van der Waals surface area contributed by atoms with Crippen molar-refractivity contribution in [1.29, 1.82) is 0 Å². The van der Waals surface area contributed by atoms with Gasteiger partial charge in [-0.15, -0.1) is 0 Å². The van der Waals surface area contributed by atoms with E-state index in [2.05, 4.69) is 0 Å². The lowest BCUT2D eigenvalue weighted by molar-refractivity contribution is -0.127. The van der Waals surface area contributed by atoms with Crippen LogP contribution in [0.3, 0.4) is 0 Å². The van der Waals surface area contributed by atoms with Crippen LogP contribution < -0.4 is 0 Å². The molecule has 18 heavy (non-hydrogen) atoms. The summed E-state index contributed by atoms with van der Waals surface area (Å²) >= 11 is 0. The molecule has 0 aromatic rings. The summed E-state index contributed by atoms with van der Waals surface area (Å²) in [4.78, 5) is 11.6. The van der Waals surface area contributed by atoms with Gasteiger partial charge in [-0.05, 0) is 12.8 Å². The van der Waals surface area contributed by atoms with Gasteiger partial charge in [-0.3, -0.25) is 4.79 Å². The van der Waals surface area contributed by atoms with Gasteiger partial charge in [0.25, 0.3) is 0 Å². The Bertz CT molecular complexity index is 206. The Labute approximate surface area is 112 Å². The quantitative estimate of drug-likeness (QED) is 0.578. The van der Waals surface area contributed by atoms with E-state index in [9.17, 15) is 4.79 Å². The minimum absolute atomic E-state index is 0.240. The number of carbonyl (C=O) groups is 1. The predicted octanol–water partition coefficient (Wildman–Crippen LogP) is 3.34. The molecule has 0 aliphatic carbocycles. The van der Waals surface area contributed by atoms with E-state index in [-0.39, 0.29) is 11.2 Å². The highest BCUT2D eigenvalue weighted by Gasteiger charge is 2.20. The molecular formula is C15H30O3. The summed E-state index contributed by atoms with van der Waals surface area (Å²) < 4.78 is 5.47. The lowest BCUT2D eigenvalue weighted by Gasteiger charge is -2.16. The summed E-state index contributed by atoms with van der Waals surface area (Å²) in [5.41, 5.74) is -0.240. The van der Waals surface area contributed by atoms with Crippen LogP contribution in [0.4, 0.5) is 0 Å². The van der Waals surface area contributed by atoms with Crippen molar-refractivity contribution in [2.75, 3.05) is 19.8 Å². The fraction of sp³-hybridized carbons (Fsp3) is 0.933. The molecule has 0 aliphatic rings. The van der Waals surface area contributed by atoms with Gasteiger partial charge in [0.1, 0.15) is 5.78 Å². The van der Waals surface area contributed by atoms with Crippen molar-refractivity contribution < 1.29 is 14.6 Å². The van der Waals surface area contributed by atoms with Gasteiger partial charge in [-0.1, -0.05) is 46.5 Å². The van der Waals surface area contributed by atoms with Crippen LogP contribution in [0.15, 0.2) is 0 Å². The topological polar surface area (TPSA) is 46.5 Å². The third-order valence-corrected chi connectivity index (χ3v) is 3.01. The number of ketones is 1. The average molecular weight is 258 g/mol. The molecule has 0 atom stereocenters. The summed E-state index contributed by atoms with van der Waals surface area (Å²) in [6, 6.07) is 0. The Hall–Kier alpha value is -0.410. The Morgan fingerprint density at radius 1 is 0.944 bits per heavy atom. The van der Waals surface area contributed by atoms with Crippen LogP contribution in [0.2, 0.25) is 0 Å². The minimum atomic E-state index is -0.240. The number of aliphatic hydroxyl groups is 1. The van der Waals surface area contributed by atoms with E-state index in [1.807, 2.05) is 20.8 Å². The van der Waals surface area contributed by atoms with Crippen LogP contribution in [0, 0.1) is 5.41 Å². The van der Waals surface area contributed by atoms with E-state index in [1.54, 1.807) is 0 Å². The largest absolute Gasteiger partial charge is 0.396 e. The molecule has 1 N–H and O–H groups in total. The predicted molar refractivity (Wildman–Crippen MR) is 74.7 cm³/mol. The molecule has 3 heteroatoms. The fourth-order valence-electron chi connectivity index (χ4n) is 1.66. The molecule has 0 rings (SSSR count). The Morgan fingerprint density at radius 2 is 1.50 bits per heavy atom. The average Bonchev–Trinajstić information content (AvgIpc) is 2.30. The van der Waals surface area contributed by atoms with Crippen LogP contribution in [-0.2, 0) is 9.53 Å². The van der Waals surface area contributed by atoms with Crippen molar-refractivity contribution >= 4 is 5.78 Å². The van der Waals surface area contributed by atoms with Crippen molar-refractivity contribution in [2.24, 2.45) is 5.41 Å². The second-order valence-electron chi connectivity index (χ2n) is 5.88. The van der Waals surface area contributed by atoms with Crippen molar-refractivity contribution in [3.05, 3.63) is 0 Å². The zero-order chi connectivity index (χ0) is 13.9. The Kier molecular flexibility index (Phi) is 10.3. The summed E-state index contributed by atoms with van der Waals surface area (Å²) in [6.45, 7) is 7.47. The van der Waals surface area contributed by atoms with E-state index in [0.717, 1.165) is 25.9 Å². The minimum Gasteiger partial charge on any atom is -0.396 e. The van der Waals surface area contributed by atoms with Gasteiger partial charge in [0.15, 0.2) is 0 Å². The highest BCUT2D eigenvalue weighted by atomic mass is 16.5. The lowest BCUT2D eigenvalue weighted by atomic mass is 9.89. The standard InChI is InChI=1S/C15H30O3/c1-15(2,3)14(17)10-13-18-12-9-7-5-4-6-8-11-16/h16H,4-13H2,1-3H3. The van der Waals surface area contributed by atoms with Gasteiger partial charge >= 0.3 is 0 Å². The van der Waals surface area contributed by atoms with Crippen LogP contribution in [0.5, 0.6) is 0 Å². The molecule has 0 saturated carbocycles. The summed E-state index contributed by atoms with van der Waals surface area (Å²) in [6.07, 6.45) is 7.23. The fourth-order valence-corrected chi connectivity index (χ4v) is 1.66. The molecular weight excluding hydrogens is 228 g/mol. The van der Waals surface area contributed by atoms with E-state index < -0.39 is 0 Å². The van der Waals surface area contributed by atoms with Gasteiger partial charge in [-0.2, -0.15) is 0 Å². The van der Waals surface area contributed by atoms with Crippen molar-refractivity contribution in [1.82, 2.24) is 0 Å². The first-order valence-electron chi connectivity index (χ1n) is 7.20. The van der Waals surface area contributed by atoms with E-state index in [0.29, 0.717) is 19.6 Å². The van der Waals surface area contributed by atoms with Crippen LogP contribution >= 0.6 is 0 Å². The number of ether oxygens (including phenoxy) is 1. The van der Waals surface area contributed by atoms with Gasteiger partial charge < -0.3 is 9.84 Å². The highest BCUT2D eigenvalue weighted by Crippen LogP contribution is 2.16. The number of hydrogen-bond donors (Lipinski definition) is 1. The maximum Gasteiger partial charge on any atom is 0.140 e. The number of unbranched alkanes of at least 4 members (excludes halogenated alkanes) is 5. The van der Waals surface area contributed by atoms with E-state index >= 15 is 0 Å². The molecule has 0 heterocycles. The van der Waals surface area contributed by atoms with Crippen molar-refractivity contribution in [3.8, 4) is 0 Å². The normalized spacial score (nSPS) is 11.8. The monoisotopic (exact) mass is 258 g/mol. The van der Waals surface area contributed by atoms with Crippen LogP contribution in [0.25, 0.3) is 0 Å². The summed E-state index contributed by atoms with van der Waals surface area (Å²) in [5, 5.41) is 8.62. The van der Waals surface area contributed by atoms with Crippen LogP contribution in [-0.4, -0.2) is 30.7 Å². The third-order valence-electron chi connectivity index (χ3n) is 3.01. The molecule has 0 aromatic carbocycles. The molecule has 3 nitrogen and oxygen atoms in total. The first kappa shape index (κ1) is 17.6. The van der Waals surface area contributed by atoms with E-state index in [4.69, 9.17) is 9.84 Å². The first-order valence-corrected chi connectivity index (χ1v) is 7.20. The number of carbonyl (C=O) groups excluding carboxylic acids is 1. The van der Waals surface area contributed by atoms with Crippen LogP contribution in [0.1, 0.15) is 65.7 Å². The molecule has 0 radical (unpaired) electrons. The summed E-state index contributed by atoms with van der Waals surface area (Å²) in [5.74, 6) is 0.270. The molecule has 0 aromatic heterocycles. The molecule has 0 fully saturated rings. The number of aliphatic hydroxyl groups excluding tert-OH is 1. The van der Waals surface area contributed by atoms with Gasteiger partial charge in [0, 0.05) is 25.0 Å². The molecule has 108 valence electrons. The Morgan fingerprint density at radius 3 is 2.06 bits per heavy atom. The summed E-state index contributed by atoms with van der Waals surface area (Å²) in [7, 11) is 0. The SMILES string of the molecule is CC(C)(C)C(=O)CCOCCCCCCCCO. The maximum atomic E-state index is 11.6. The van der Waals surface area contributed by atoms with Gasteiger partial charge in [-0.25, -0.2) is 0 Å².